The zero-order valence-electron chi connectivity index (χ0n) is 11.8. The Morgan fingerprint density at radius 3 is 2.43 bits per heavy atom. The van der Waals surface area contributed by atoms with Gasteiger partial charge in [0.25, 0.3) is 0 Å². The van der Waals surface area contributed by atoms with E-state index < -0.39 is 16.1 Å². The van der Waals surface area contributed by atoms with Gasteiger partial charge in [-0.3, -0.25) is 4.90 Å². The lowest BCUT2D eigenvalue weighted by atomic mass is 10.2. The lowest BCUT2D eigenvalue weighted by Gasteiger charge is -2.33. The summed E-state index contributed by atoms with van der Waals surface area (Å²) in [6.07, 6.45) is -0.651. The maximum atomic E-state index is 12.6. The molecule has 2 heterocycles. The normalized spacial score (nSPS) is 28.8. The maximum absolute atomic E-state index is 12.6. The lowest BCUT2D eigenvalue weighted by molar-refractivity contribution is -0.00602. The molecule has 1 N–H and O–H groups in total. The van der Waals surface area contributed by atoms with E-state index in [-0.39, 0.29) is 17.5 Å². The van der Waals surface area contributed by atoms with Gasteiger partial charge in [0.15, 0.2) is 0 Å². The van der Waals surface area contributed by atoms with Crippen molar-refractivity contribution >= 4 is 10.0 Å². The average Bonchev–Trinajstić information content (AvgIpc) is 2.92. The summed E-state index contributed by atoms with van der Waals surface area (Å²) >= 11 is 0. The highest BCUT2D eigenvalue weighted by Gasteiger charge is 2.41. The van der Waals surface area contributed by atoms with Crippen LogP contribution in [-0.2, 0) is 14.8 Å². The number of β-amino-alcohol motifs (C(OH)–C–C–N with tert-alkyl or cyclic N) is 1. The van der Waals surface area contributed by atoms with E-state index >= 15 is 0 Å². The Kier molecular flexibility index (Phi) is 4.28. The van der Waals surface area contributed by atoms with Crippen molar-refractivity contribution in [3.63, 3.8) is 0 Å². The number of sulfonamides is 1. The van der Waals surface area contributed by atoms with E-state index in [1.807, 2.05) is 0 Å². The molecule has 3 rings (SSSR count). The molecular formula is C14H20N2O4S. The number of morpholine rings is 1. The van der Waals surface area contributed by atoms with E-state index in [9.17, 15) is 13.5 Å². The van der Waals surface area contributed by atoms with E-state index in [0.717, 1.165) is 13.1 Å². The fourth-order valence-electron chi connectivity index (χ4n) is 2.94. The lowest BCUT2D eigenvalue weighted by Crippen LogP contribution is -2.49. The Balaban J connectivity index is 1.76. The molecule has 1 aromatic carbocycles. The summed E-state index contributed by atoms with van der Waals surface area (Å²) in [7, 11) is -3.53. The monoisotopic (exact) mass is 312 g/mol. The van der Waals surface area contributed by atoms with Gasteiger partial charge in [-0.05, 0) is 12.1 Å². The largest absolute Gasteiger partial charge is 0.390 e. The number of ether oxygens (including phenoxy) is 1. The second-order valence-corrected chi connectivity index (χ2v) is 7.36. The molecule has 0 bridgehead atoms. The van der Waals surface area contributed by atoms with Crippen LogP contribution in [0.4, 0.5) is 0 Å². The Hall–Kier alpha value is -0.990. The van der Waals surface area contributed by atoms with Gasteiger partial charge >= 0.3 is 0 Å². The molecule has 1 aromatic rings. The molecule has 0 aliphatic carbocycles. The second-order valence-electron chi connectivity index (χ2n) is 5.42. The standard InChI is InChI=1S/C14H20N2O4S/c17-14-11-16(10-13(14)15-6-8-20-9-7-15)21(18,19)12-4-2-1-3-5-12/h1-5,13-14,17H,6-11H2. The third-order valence-corrected chi connectivity index (χ3v) is 5.97. The zero-order valence-corrected chi connectivity index (χ0v) is 12.6. The number of nitrogens with zero attached hydrogens (tertiary/aromatic N) is 2. The van der Waals surface area contributed by atoms with Gasteiger partial charge in [-0.15, -0.1) is 0 Å². The van der Waals surface area contributed by atoms with Crippen molar-refractivity contribution in [2.45, 2.75) is 17.0 Å². The number of hydrogen-bond acceptors (Lipinski definition) is 5. The van der Waals surface area contributed by atoms with Crippen molar-refractivity contribution in [3.8, 4) is 0 Å². The smallest absolute Gasteiger partial charge is 0.243 e. The van der Waals surface area contributed by atoms with Crippen LogP contribution in [0.3, 0.4) is 0 Å². The summed E-state index contributed by atoms with van der Waals surface area (Å²) in [5.41, 5.74) is 0. The average molecular weight is 312 g/mol. The Labute approximate surface area is 125 Å². The van der Waals surface area contributed by atoms with Gasteiger partial charge in [0.05, 0.1) is 30.3 Å². The molecule has 2 unspecified atom stereocenters. The molecule has 2 aliphatic rings. The summed E-state index contributed by atoms with van der Waals surface area (Å²) in [5, 5.41) is 10.2. The summed E-state index contributed by atoms with van der Waals surface area (Å²) in [6.45, 7) is 3.23. The van der Waals surface area contributed by atoms with E-state index in [1.54, 1.807) is 30.3 Å². The molecule has 7 heteroatoms. The fourth-order valence-corrected chi connectivity index (χ4v) is 4.44. The van der Waals surface area contributed by atoms with Crippen LogP contribution in [0.5, 0.6) is 0 Å². The van der Waals surface area contributed by atoms with Crippen molar-refractivity contribution in [1.29, 1.82) is 0 Å². The number of benzene rings is 1. The van der Waals surface area contributed by atoms with Gasteiger partial charge in [0.2, 0.25) is 10.0 Å². The first kappa shape index (κ1) is 14.9. The van der Waals surface area contributed by atoms with Crippen molar-refractivity contribution in [2.24, 2.45) is 0 Å². The van der Waals surface area contributed by atoms with Crippen LogP contribution in [0.2, 0.25) is 0 Å². The van der Waals surface area contributed by atoms with Crippen molar-refractivity contribution < 1.29 is 18.3 Å². The quantitative estimate of drug-likeness (QED) is 0.834. The Bertz CT molecular complexity index is 572. The Morgan fingerprint density at radius 2 is 1.76 bits per heavy atom. The molecule has 6 nitrogen and oxygen atoms in total. The van der Waals surface area contributed by atoms with Gasteiger partial charge in [-0.1, -0.05) is 18.2 Å². The van der Waals surface area contributed by atoms with E-state index in [2.05, 4.69) is 4.90 Å². The zero-order chi connectivity index (χ0) is 14.9. The molecule has 116 valence electrons. The minimum atomic E-state index is -3.53. The first-order valence-corrected chi connectivity index (χ1v) is 8.58. The third kappa shape index (κ3) is 2.97. The first-order valence-electron chi connectivity index (χ1n) is 7.14. The van der Waals surface area contributed by atoms with Crippen LogP contribution in [-0.4, -0.2) is 74.3 Å². The van der Waals surface area contributed by atoms with E-state index in [1.165, 1.54) is 4.31 Å². The second kappa shape index (κ2) is 6.02. The van der Waals surface area contributed by atoms with Crippen LogP contribution in [0, 0.1) is 0 Å². The van der Waals surface area contributed by atoms with Crippen LogP contribution in [0.15, 0.2) is 35.2 Å². The Morgan fingerprint density at radius 1 is 1.10 bits per heavy atom. The predicted octanol–water partition coefficient (Wildman–Crippen LogP) is -0.247. The molecule has 21 heavy (non-hydrogen) atoms. The van der Waals surface area contributed by atoms with Crippen molar-refractivity contribution in [2.75, 3.05) is 39.4 Å². The number of aliphatic hydroxyl groups is 1. The molecule has 2 atom stereocenters. The highest BCUT2D eigenvalue weighted by molar-refractivity contribution is 7.89. The molecular weight excluding hydrogens is 292 g/mol. The molecule has 0 aromatic heterocycles. The minimum Gasteiger partial charge on any atom is -0.390 e. The van der Waals surface area contributed by atoms with Crippen molar-refractivity contribution in [3.05, 3.63) is 30.3 Å². The molecule has 0 saturated carbocycles. The van der Waals surface area contributed by atoms with Crippen LogP contribution < -0.4 is 0 Å². The van der Waals surface area contributed by atoms with Crippen LogP contribution >= 0.6 is 0 Å². The van der Waals surface area contributed by atoms with E-state index in [4.69, 9.17) is 4.74 Å². The number of aliphatic hydroxyl groups excluding tert-OH is 1. The predicted molar refractivity (Wildman–Crippen MR) is 77.4 cm³/mol. The van der Waals surface area contributed by atoms with Gasteiger partial charge in [-0.2, -0.15) is 4.31 Å². The van der Waals surface area contributed by atoms with Gasteiger partial charge in [-0.25, -0.2) is 8.42 Å². The van der Waals surface area contributed by atoms with Gasteiger partial charge < -0.3 is 9.84 Å². The highest BCUT2D eigenvalue weighted by atomic mass is 32.2. The number of hydrogen-bond donors (Lipinski definition) is 1. The van der Waals surface area contributed by atoms with E-state index in [0.29, 0.717) is 19.8 Å². The SMILES string of the molecule is O=S(=O)(c1ccccc1)N1CC(O)C(N2CCOCC2)C1. The van der Waals surface area contributed by atoms with Gasteiger partial charge in [0, 0.05) is 26.2 Å². The molecule has 0 spiro atoms. The number of rotatable bonds is 3. The minimum absolute atomic E-state index is 0.146. The fraction of sp³-hybridized carbons (Fsp3) is 0.571. The summed E-state index contributed by atoms with van der Waals surface area (Å²) in [4.78, 5) is 2.40. The first-order chi connectivity index (χ1) is 10.1. The topological polar surface area (TPSA) is 70.1 Å². The van der Waals surface area contributed by atoms with Crippen molar-refractivity contribution in [1.82, 2.24) is 9.21 Å². The third-order valence-electron chi connectivity index (χ3n) is 4.12. The molecule has 0 radical (unpaired) electrons. The molecule has 2 aliphatic heterocycles. The van der Waals surface area contributed by atoms with Crippen LogP contribution in [0.1, 0.15) is 0 Å². The molecule has 0 amide bonds. The van der Waals surface area contributed by atoms with Gasteiger partial charge in [0.1, 0.15) is 0 Å². The molecule has 2 saturated heterocycles. The molecule has 2 fully saturated rings. The summed E-state index contributed by atoms with van der Waals surface area (Å²) in [5.74, 6) is 0. The maximum Gasteiger partial charge on any atom is 0.243 e. The highest BCUT2D eigenvalue weighted by Crippen LogP contribution is 2.24. The van der Waals surface area contributed by atoms with Crippen LogP contribution in [0.25, 0.3) is 0 Å². The summed E-state index contributed by atoms with van der Waals surface area (Å²) < 4.78 is 31.8. The summed E-state index contributed by atoms with van der Waals surface area (Å²) in [6, 6.07) is 8.23.